The molecule has 11 heteroatoms. The summed E-state index contributed by atoms with van der Waals surface area (Å²) in [6.45, 7) is 5.66. The fourth-order valence-electron chi connectivity index (χ4n) is 6.20. The Balaban J connectivity index is 1.35. The number of nitrogens with one attached hydrogen (secondary N) is 1. The van der Waals surface area contributed by atoms with Crippen LogP contribution < -0.4 is 4.72 Å². The highest BCUT2D eigenvalue weighted by molar-refractivity contribution is 7.84. The number of piperidine rings is 1. The minimum atomic E-state index is -1.49. The van der Waals surface area contributed by atoms with Gasteiger partial charge in [0, 0.05) is 41.9 Å². The molecule has 3 N–H and O–H groups in total. The average molecular weight is 604 g/mol. The number of amides is 1. The maximum Gasteiger partial charge on any atom is 0.254 e. The summed E-state index contributed by atoms with van der Waals surface area (Å²) in [5, 5.41) is 20.0. The molecular formula is C31H36F3N3O4S. The summed E-state index contributed by atoms with van der Waals surface area (Å²) in [5.74, 6) is -3.58. The number of nitrogens with zero attached hydrogens (tertiary/aromatic N) is 2. The second kappa shape index (κ2) is 11.8. The van der Waals surface area contributed by atoms with Crippen molar-refractivity contribution in [2.45, 2.75) is 82.3 Å². The highest BCUT2D eigenvalue weighted by Crippen LogP contribution is 2.42. The SMILES string of the molecule is CC(C)(C)[S@](=O)N[C@H](Cc1cc(F)c(F)cc1F)C1C[C@H]2CC[C@@H](C1)N2C(=O)c1cccc(Cn2c(O)ccc2O)c1. The summed E-state index contributed by atoms with van der Waals surface area (Å²) in [6, 6.07) is 10.7. The van der Waals surface area contributed by atoms with Gasteiger partial charge in [0.25, 0.3) is 5.91 Å². The van der Waals surface area contributed by atoms with Crippen LogP contribution in [0.5, 0.6) is 11.8 Å². The first-order valence-electron chi connectivity index (χ1n) is 14.1. The number of hydrogen-bond acceptors (Lipinski definition) is 4. The molecule has 2 saturated heterocycles. The largest absolute Gasteiger partial charge is 0.494 e. The Morgan fingerprint density at radius 3 is 2.21 bits per heavy atom. The van der Waals surface area contributed by atoms with Crippen molar-refractivity contribution in [1.82, 2.24) is 14.2 Å². The Hall–Kier alpha value is -3.31. The Bertz CT molecular complexity index is 1470. The molecule has 7 nitrogen and oxygen atoms in total. The lowest BCUT2D eigenvalue weighted by molar-refractivity contribution is 0.0494. The first-order chi connectivity index (χ1) is 19.8. The minimum Gasteiger partial charge on any atom is -0.494 e. The zero-order chi connectivity index (χ0) is 30.3. The van der Waals surface area contributed by atoms with Crippen molar-refractivity contribution in [1.29, 1.82) is 0 Å². The van der Waals surface area contributed by atoms with E-state index in [2.05, 4.69) is 4.72 Å². The second-order valence-corrected chi connectivity index (χ2v) is 14.3. The summed E-state index contributed by atoms with van der Waals surface area (Å²) >= 11 is 0. The Kier molecular flexibility index (Phi) is 8.44. The van der Waals surface area contributed by atoms with Crippen LogP contribution in [0.15, 0.2) is 48.5 Å². The normalized spacial score (nSPS) is 21.9. The molecule has 42 heavy (non-hydrogen) atoms. The van der Waals surface area contributed by atoms with E-state index in [1.165, 1.54) is 16.7 Å². The van der Waals surface area contributed by atoms with Crippen molar-refractivity contribution < 1.29 is 32.4 Å². The van der Waals surface area contributed by atoms with Gasteiger partial charge >= 0.3 is 0 Å². The van der Waals surface area contributed by atoms with Crippen LogP contribution in [0.3, 0.4) is 0 Å². The molecule has 5 atom stereocenters. The molecular weight excluding hydrogens is 567 g/mol. The summed E-state index contributed by atoms with van der Waals surface area (Å²) in [4.78, 5) is 15.7. The number of hydrogen-bond donors (Lipinski definition) is 3. The molecule has 3 aromatic rings. The molecule has 2 fully saturated rings. The second-order valence-electron chi connectivity index (χ2n) is 12.3. The van der Waals surface area contributed by atoms with Gasteiger partial charge in [-0.2, -0.15) is 0 Å². The Morgan fingerprint density at radius 2 is 1.60 bits per heavy atom. The monoisotopic (exact) mass is 603 g/mol. The lowest BCUT2D eigenvalue weighted by atomic mass is 9.82. The fraction of sp³-hybridized carbons (Fsp3) is 0.452. The third kappa shape index (κ3) is 6.22. The van der Waals surface area contributed by atoms with Gasteiger partial charge in [-0.1, -0.05) is 12.1 Å². The van der Waals surface area contributed by atoms with E-state index < -0.39 is 39.2 Å². The molecule has 0 aliphatic carbocycles. The smallest absolute Gasteiger partial charge is 0.254 e. The number of carbonyl (C=O) groups is 1. The van der Waals surface area contributed by atoms with Crippen molar-refractivity contribution in [2.75, 3.05) is 0 Å². The maximum absolute atomic E-state index is 14.7. The van der Waals surface area contributed by atoms with E-state index in [-0.39, 0.29) is 54.2 Å². The molecule has 5 rings (SSSR count). The van der Waals surface area contributed by atoms with Crippen LogP contribution in [0.2, 0.25) is 0 Å². The first-order valence-corrected chi connectivity index (χ1v) is 15.3. The topological polar surface area (TPSA) is 94.8 Å². The van der Waals surface area contributed by atoms with Gasteiger partial charge < -0.3 is 15.1 Å². The molecule has 0 spiro atoms. The van der Waals surface area contributed by atoms with E-state index in [1.807, 2.05) is 31.7 Å². The van der Waals surface area contributed by atoms with Gasteiger partial charge in [0.15, 0.2) is 23.4 Å². The van der Waals surface area contributed by atoms with Gasteiger partial charge in [0.1, 0.15) is 5.82 Å². The van der Waals surface area contributed by atoms with Crippen LogP contribution in [-0.2, 0) is 24.0 Å². The predicted molar refractivity (Wildman–Crippen MR) is 154 cm³/mol. The summed E-state index contributed by atoms with van der Waals surface area (Å²) in [5.41, 5.74) is 1.26. The Labute approximate surface area is 245 Å². The molecule has 0 radical (unpaired) electrons. The lowest BCUT2D eigenvalue weighted by Crippen LogP contribution is -2.52. The molecule has 2 aliphatic heterocycles. The molecule has 226 valence electrons. The minimum absolute atomic E-state index is 0.0137. The number of aromatic hydroxyl groups is 2. The number of carbonyl (C=O) groups excluding carboxylic acids is 1. The summed E-state index contributed by atoms with van der Waals surface area (Å²) in [6.07, 6.45) is 2.82. The van der Waals surface area contributed by atoms with Crippen LogP contribution >= 0.6 is 0 Å². The van der Waals surface area contributed by atoms with Crippen molar-refractivity contribution in [3.63, 3.8) is 0 Å². The highest BCUT2D eigenvalue weighted by Gasteiger charge is 2.46. The number of rotatable bonds is 8. The van der Waals surface area contributed by atoms with E-state index >= 15 is 0 Å². The zero-order valence-electron chi connectivity index (χ0n) is 23.8. The molecule has 2 bridgehead atoms. The van der Waals surface area contributed by atoms with E-state index in [9.17, 15) is 32.4 Å². The third-order valence-electron chi connectivity index (χ3n) is 8.37. The molecule has 1 unspecified atom stereocenters. The maximum atomic E-state index is 14.7. The van der Waals surface area contributed by atoms with E-state index in [0.717, 1.165) is 24.5 Å². The van der Waals surface area contributed by atoms with Gasteiger partial charge in [-0.25, -0.2) is 22.1 Å². The van der Waals surface area contributed by atoms with Crippen LogP contribution in [0.25, 0.3) is 0 Å². The van der Waals surface area contributed by atoms with Gasteiger partial charge in [-0.3, -0.25) is 9.36 Å². The van der Waals surface area contributed by atoms with Crippen LogP contribution in [0.4, 0.5) is 13.2 Å². The molecule has 1 aromatic heterocycles. The average Bonchev–Trinajstić information content (AvgIpc) is 3.39. The predicted octanol–water partition coefficient (Wildman–Crippen LogP) is 5.41. The standard InChI is InChI=1S/C31H36F3N3O4S/c1-31(2,3)42(41)35-27(15-20-14-25(33)26(34)16-24(20)32)21-12-22-7-8-23(13-21)37(22)30(40)19-6-4-5-18(11-19)17-36-28(38)9-10-29(36)39/h4-6,9-11,14,16,21-23,27,35,38-39H,7-8,12-13,15,17H2,1-3H3/t21?,22-,23+,27-,42+/m1/s1. The molecule has 1 amide bonds. The Morgan fingerprint density at radius 1 is 0.976 bits per heavy atom. The van der Waals surface area contributed by atoms with Gasteiger partial charge in [0.2, 0.25) is 0 Å². The zero-order valence-corrected chi connectivity index (χ0v) is 24.6. The fourth-order valence-corrected chi connectivity index (χ4v) is 7.10. The molecule has 2 aliphatic rings. The summed E-state index contributed by atoms with van der Waals surface area (Å²) in [7, 11) is -1.49. The van der Waals surface area contributed by atoms with E-state index in [0.29, 0.717) is 24.5 Å². The van der Waals surface area contributed by atoms with Crippen molar-refractivity contribution >= 4 is 16.9 Å². The molecule has 2 aromatic carbocycles. The van der Waals surface area contributed by atoms with Crippen LogP contribution in [0.1, 0.15) is 67.9 Å². The van der Waals surface area contributed by atoms with Crippen molar-refractivity contribution in [3.05, 3.63) is 82.7 Å². The number of fused-ring (bicyclic) bond motifs is 2. The van der Waals surface area contributed by atoms with Gasteiger partial charge in [0.05, 0.1) is 22.3 Å². The van der Waals surface area contributed by atoms with Crippen molar-refractivity contribution in [3.8, 4) is 11.8 Å². The van der Waals surface area contributed by atoms with E-state index in [4.69, 9.17) is 0 Å². The molecule has 0 saturated carbocycles. The number of halogens is 3. The van der Waals surface area contributed by atoms with E-state index in [1.54, 1.807) is 18.2 Å². The quantitative estimate of drug-likeness (QED) is 0.300. The number of aromatic nitrogens is 1. The summed E-state index contributed by atoms with van der Waals surface area (Å²) < 4.78 is 59.3. The highest BCUT2D eigenvalue weighted by atomic mass is 32.2. The lowest BCUT2D eigenvalue weighted by Gasteiger charge is -2.42. The third-order valence-corrected chi connectivity index (χ3v) is 10.00. The number of benzene rings is 2. The van der Waals surface area contributed by atoms with Crippen molar-refractivity contribution in [2.24, 2.45) is 5.92 Å². The molecule has 3 heterocycles. The van der Waals surface area contributed by atoms with Crippen LogP contribution in [-0.4, -0.2) is 52.7 Å². The van der Waals surface area contributed by atoms with Gasteiger partial charge in [-0.05, 0) is 88.1 Å². The van der Waals surface area contributed by atoms with Gasteiger partial charge in [-0.15, -0.1) is 0 Å². The first kappa shape index (κ1) is 30.2. The van der Waals surface area contributed by atoms with Crippen LogP contribution in [0, 0.1) is 23.4 Å².